The third-order valence-electron chi connectivity index (χ3n) is 2.94. The highest BCUT2D eigenvalue weighted by atomic mass is 16.5. The number of carbonyl (C=O) groups is 1. The van der Waals surface area contributed by atoms with Crippen molar-refractivity contribution in [2.45, 2.75) is 26.3 Å². The quantitative estimate of drug-likeness (QED) is 0.739. The van der Waals surface area contributed by atoms with Crippen molar-refractivity contribution in [3.63, 3.8) is 0 Å². The summed E-state index contributed by atoms with van der Waals surface area (Å²) in [4.78, 5) is 13.9. The number of methoxy groups -OCH3 is 1. The van der Waals surface area contributed by atoms with Gasteiger partial charge in [0.25, 0.3) is 0 Å². The third-order valence-corrected chi connectivity index (χ3v) is 2.94. The largest absolute Gasteiger partial charge is 0.493 e. The van der Waals surface area contributed by atoms with Crippen molar-refractivity contribution in [3.05, 3.63) is 24.3 Å². The fourth-order valence-electron chi connectivity index (χ4n) is 1.82. The number of benzene rings is 1. The summed E-state index contributed by atoms with van der Waals surface area (Å²) >= 11 is 0. The number of nitrogens with two attached hydrogens (primary N) is 1. The third kappa shape index (κ3) is 5.48. The van der Waals surface area contributed by atoms with Gasteiger partial charge in [0.05, 0.1) is 19.6 Å². The van der Waals surface area contributed by atoms with Crippen LogP contribution in [0.25, 0.3) is 0 Å². The van der Waals surface area contributed by atoms with Gasteiger partial charge in [-0.3, -0.25) is 4.79 Å². The van der Waals surface area contributed by atoms with Crippen molar-refractivity contribution in [2.24, 2.45) is 0 Å². The first-order valence-electron chi connectivity index (χ1n) is 6.81. The second kappa shape index (κ2) is 8.43. The molecule has 5 heteroatoms. The van der Waals surface area contributed by atoms with Gasteiger partial charge < -0.3 is 20.1 Å². The second-order valence-corrected chi connectivity index (χ2v) is 4.84. The second-order valence-electron chi connectivity index (χ2n) is 4.84. The molecule has 0 spiro atoms. The van der Waals surface area contributed by atoms with Gasteiger partial charge in [-0.15, -0.1) is 0 Å². The summed E-state index contributed by atoms with van der Waals surface area (Å²) in [6.45, 7) is 5.50. The maximum absolute atomic E-state index is 12.1. The van der Waals surface area contributed by atoms with Crippen LogP contribution in [0.1, 0.15) is 20.3 Å². The van der Waals surface area contributed by atoms with Crippen LogP contribution in [0.3, 0.4) is 0 Å². The van der Waals surface area contributed by atoms with Crippen molar-refractivity contribution in [3.8, 4) is 5.75 Å². The highest BCUT2D eigenvalue weighted by Crippen LogP contribution is 2.13. The number of hydrogen-bond acceptors (Lipinski definition) is 4. The van der Waals surface area contributed by atoms with Crippen molar-refractivity contribution in [1.82, 2.24) is 4.90 Å². The van der Waals surface area contributed by atoms with Gasteiger partial charge in [0.15, 0.2) is 0 Å². The average molecular weight is 280 g/mol. The van der Waals surface area contributed by atoms with E-state index in [1.54, 1.807) is 36.3 Å². The molecule has 0 fully saturated rings. The number of anilines is 1. The van der Waals surface area contributed by atoms with Crippen molar-refractivity contribution in [2.75, 3.05) is 32.6 Å². The van der Waals surface area contributed by atoms with Crippen LogP contribution >= 0.6 is 0 Å². The Balaban J connectivity index is 2.38. The number of carbonyl (C=O) groups excluding carboxylic acids is 1. The molecule has 0 aliphatic heterocycles. The zero-order chi connectivity index (χ0) is 15.0. The molecule has 0 saturated carbocycles. The molecule has 1 rings (SSSR count). The molecule has 0 aromatic heterocycles. The van der Waals surface area contributed by atoms with E-state index in [-0.39, 0.29) is 11.9 Å². The minimum absolute atomic E-state index is 0.0764. The Morgan fingerprint density at radius 3 is 2.45 bits per heavy atom. The maximum atomic E-state index is 12.1. The molecule has 0 atom stereocenters. The van der Waals surface area contributed by atoms with E-state index < -0.39 is 0 Å². The summed E-state index contributed by atoms with van der Waals surface area (Å²) in [7, 11) is 1.63. The Morgan fingerprint density at radius 2 is 1.90 bits per heavy atom. The van der Waals surface area contributed by atoms with Gasteiger partial charge in [-0.2, -0.15) is 0 Å². The van der Waals surface area contributed by atoms with Gasteiger partial charge in [-0.05, 0) is 38.1 Å². The maximum Gasteiger partial charge on any atom is 0.226 e. The van der Waals surface area contributed by atoms with Crippen LogP contribution in [0.2, 0.25) is 0 Å². The summed E-state index contributed by atoms with van der Waals surface area (Å²) in [5.74, 6) is 0.799. The standard InChI is InChI=1S/C15H24N2O3/c1-12(2)17(9-11-19-3)15(18)8-10-20-14-6-4-13(16)5-7-14/h4-7,12H,8-11,16H2,1-3H3. The molecule has 20 heavy (non-hydrogen) atoms. The van der Waals surface area contributed by atoms with E-state index in [1.165, 1.54) is 0 Å². The summed E-state index contributed by atoms with van der Waals surface area (Å²) in [5.41, 5.74) is 6.29. The molecular weight excluding hydrogens is 256 g/mol. The lowest BCUT2D eigenvalue weighted by Gasteiger charge is -2.26. The highest BCUT2D eigenvalue weighted by Gasteiger charge is 2.16. The fourth-order valence-corrected chi connectivity index (χ4v) is 1.82. The molecule has 1 aromatic rings. The first-order chi connectivity index (χ1) is 9.54. The molecule has 0 unspecified atom stereocenters. The normalized spacial score (nSPS) is 10.6. The van der Waals surface area contributed by atoms with Crippen LogP contribution in [0.4, 0.5) is 5.69 Å². The molecule has 0 aliphatic carbocycles. The average Bonchev–Trinajstić information content (AvgIpc) is 2.41. The zero-order valence-corrected chi connectivity index (χ0v) is 12.5. The molecule has 0 radical (unpaired) electrons. The van der Waals surface area contributed by atoms with Crippen LogP contribution in [-0.4, -0.2) is 43.7 Å². The van der Waals surface area contributed by atoms with E-state index in [4.69, 9.17) is 15.2 Å². The molecule has 1 amide bonds. The lowest BCUT2D eigenvalue weighted by atomic mass is 10.2. The van der Waals surface area contributed by atoms with E-state index in [1.807, 2.05) is 13.8 Å². The molecule has 2 N–H and O–H groups in total. The summed E-state index contributed by atoms with van der Waals surface area (Å²) in [6, 6.07) is 7.30. The molecule has 5 nitrogen and oxygen atoms in total. The Bertz CT molecular complexity index is 404. The molecular formula is C15H24N2O3. The van der Waals surface area contributed by atoms with E-state index in [2.05, 4.69) is 0 Å². The molecule has 0 heterocycles. The first-order valence-corrected chi connectivity index (χ1v) is 6.81. The summed E-state index contributed by atoms with van der Waals surface area (Å²) < 4.78 is 10.6. The van der Waals surface area contributed by atoms with Crippen molar-refractivity contribution >= 4 is 11.6 Å². The number of nitrogens with zero attached hydrogens (tertiary/aromatic N) is 1. The highest BCUT2D eigenvalue weighted by molar-refractivity contribution is 5.76. The van der Waals surface area contributed by atoms with Crippen molar-refractivity contribution < 1.29 is 14.3 Å². The van der Waals surface area contributed by atoms with Crippen LogP contribution in [-0.2, 0) is 9.53 Å². The number of rotatable bonds is 8. The summed E-state index contributed by atoms with van der Waals surface area (Å²) in [6.07, 6.45) is 0.353. The Labute approximate surface area is 120 Å². The van der Waals surface area contributed by atoms with Gasteiger partial charge in [0.1, 0.15) is 5.75 Å². The van der Waals surface area contributed by atoms with Crippen molar-refractivity contribution in [1.29, 1.82) is 0 Å². The predicted octanol–water partition coefficient (Wildman–Crippen LogP) is 1.92. The molecule has 0 saturated heterocycles. The van der Waals surface area contributed by atoms with Gasteiger partial charge in [0, 0.05) is 25.4 Å². The van der Waals surface area contributed by atoms with Gasteiger partial charge in [-0.25, -0.2) is 0 Å². The number of ether oxygens (including phenoxy) is 2. The van der Waals surface area contributed by atoms with E-state index in [0.29, 0.717) is 31.9 Å². The Kier molecular flexibility index (Phi) is 6.87. The minimum Gasteiger partial charge on any atom is -0.493 e. The van der Waals surface area contributed by atoms with E-state index >= 15 is 0 Å². The number of hydrogen-bond donors (Lipinski definition) is 1. The SMILES string of the molecule is COCCN(C(=O)CCOc1ccc(N)cc1)C(C)C. The Hall–Kier alpha value is -1.75. The fraction of sp³-hybridized carbons (Fsp3) is 0.533. The van der Waals surface area contributed by atoms with Crippen LogP contribution in [0, 0.1) is 0 Å². The molecule has 1 aromatic carbocycles. The zero-order valence-electron chi connectivity index (χ0n) is 12.5. The molecule has 0 bridgehead atoms. The lowest BCUT2D eigenvalue weighted by molar-refractivity contribution is -0.134. The minimum atomic E-state index is 0.0764. The first kappa shape index (κ1) is 16.3. The predicted molar refractivity (Wildman–Crippen MR) is 79.7 cm³/mol. The molecule has 112 valence electrons. The van der Waals surface area contributed by atoms with E-state index in [0.717, 1.165) is 5.75 Å². The smallest absolute Gasteiger partial charge is 0.226 e. The van der Waals surface area contributed by atoms with Crippen LogP contribution in [0.5, 0.6) is 5.75 Å². The van der Waals surface area contributed by atoms with E-state index in [9.17, 15) is 4.79 Å². The van der Waals surface area contributed by atoms with Gasteiger partial charge in [-0.1, -0.05) is 0 Å². The lowest BCUT2D eigenvalue weighted by Crippen LogP contribution is -2.39. The topological polar surface area (TPSA) is 64.8 Å². The Morgan fingerprint density at radius 1 is 1.25 bits per heavy atom. The number of nitrogen functional groups attached to an aromatic ring is 1. The monoisotopic (exact) mass is 280 g/mol. The van der Waals surface area contributed by atoms with Crippen LogP contribution < -0.4 is 10.5 Å². The molecule has 0 aliphatic rings. The summed E-state index contributed by atoms with van der Waals surface area (Å²) in [5, 5.41) is 0. The number of amides is 1. The van der Waals surface area contributed by atoms with Gasteiger partial charge >= 0.3 is 0 Å². The van der Waals surface area contributed by atoms with Gasteiger partial charge in [0.2, 0.25) is 5.91 Å². The van der Waals surface area contributed by atoms with Crippen LogP contribution in [0.15, 0.2) is 24.3 Å².